The highest BCUT2D eigenvalue weighted by Crippen LogP contribution is 2.31. The summed E-state index contributed by atoms with van der Waals surface area (Å²) in [5.41, 5.74) is 7.42. The van der Waals surface area contributed by atoms with Gasteiger partial charge in [-0.1, -0.05) is 11.6 Å². The molecule has 0 aliphatic heterocycles. The van der Waals surface area contributed by atoms with Gasteiger partial charge in [-0.05, 0) is 31.0 Å². The maximum Gasteiger partial charge on any atom is 0.255 e. The maximum absolute atomic E-state index is 12.0. The van der Waals surface area contributed by atoms with Crippen LogP contribution in [0.2, 0.25) is 5.02 Å². The predicted molar refractivity (Wildman–Crippen MR) is 68.9 cm³/mol. The standard InChI is InChI=1S/C12H17ClN2O2/c1-7-6-9(17-3)10(8(2)11(7)13)12(16)15-5-4-14/h6H,4-5,14H2,1-3H3,(H,15,16). The van der Waals surface area contributed by atoms with E-state index < -0.39 is 0 Å². The number of hydrogen-bond acceptors (Lipinski definition) is 3. The van der Waals surface area contributed by atoms with Crippen LogP contribution in [0.5, 0.6) is 5.75 Å². The van der Waals surface area contributed by atoms with E-state index in [-0.39, 0.29) is 5.91 Å². The molecule has 1 aromatic carbocycles. The van der Waals surface area contributed by atoms with Crippen molar-refractivity contribution in [1.82, 2.24) is 5.32 Å². The van der Waals surface area contributed by atoms with Gasteiger partial charge in [-0.15, -0.1) is 0 Å². The van der Waals surface area contributed by atoms with E-state index in [1.807, 2.05) is 6.92 Å². The Morgan fingerprint density at radius 1 is 1.53 bits per heavy atom. The summed E-state index contributed by atoms with van der Waals surface area (Å²) >= 11 is 6.13. The molecule has 4 nitrogen and oxygen atoms in total. The maximum atomic E-state index is 12.0. The van der Waals surface area contributed by atoms with Crippen molar-refractivity contribution in [2.24, 2.45) is 5.73 Å². The fourth-order valence-electron chi connectivity index (χ4n) is 1.64. The highest BCUT2D eigenvalue weighted by atomic mass is 35.5. The molecule has 0 aliphatic carbocycles. The summed E-state index contributed by atoms with van der Waals surface area (Å²) in [6.45, 7) is 4.49. The summed E-state index contributed by atoms with van der Waals surface area (Å²) in [5.74, 6) is 0.311. The molecule has 94 valence electrons. The minimum absolute atomic E-state index is 0.216. The number of carbonyl (C=O) groups is 1. The Hall–Kier alpha value is -1.26. The monoisotopic (exact) mass is 256 g/mol. The normalized spacial score (nSPS) is 10.2. The zero-order valence-electron chi connectivity index (χ0n) is 10.3. The first kappa shape index (κ1) is 13.8. The van der Waals surface area contributed by atoms with E-state index >= 15 is 0 Å². The van der Waals surface area contributed by atoms with Gasteiger partial charge in [0.1, 0.15) is 5.75 Å². The fourth-order valence-corrected chi connectivity index (χ4v) is 1.79. The van der Waals surface area contributed by atoms with Crippen LogP contribution in [0.4, 0.5) is 0 Å². The summed E-state index contributed by atoms with van der Waals surface area (Å²) in [6, 6.07) is 1.76. The Balaban J connectivity index is 3.21. The fraction of sp³-hybridized carbons (Fsp3) is 0.417. The van der Waals surface area contributed by atoms with Crippen molar-refractivity contribution < 1.29 is 9.53 Å². The van der Waals surface area contributed by atoms with Gasteiger partial charge in [-0.25, -0.2) is 0 Å². The van der Waals surface area contributed by atoms with Gasteiger partial charge in [0, 0.05) is 18.1 Å². The summed E-state index contributed by atoms with van der Waals surface area (Å²) < 4.78 is 5.21. The van der Waals surface area contributed by atoms with Crippen LogP contribution in [0.1, 0.15) is 21.5 Å². The molecule has 0 aromatic heterocycles. The lowest BCUT2D eigenvalue weighted by Crippen LogP contribution is -2.30. The van der Waals surface area contributed by atoms with E-state index in [9.17, 15) is 4.79 Å². The van der Waals surface area contributed by atoms with Gasteiger partial charge >= 0.3 is 0 Å². The molecular formula is C12H17ClN2O2. The molecule has 0 bridgehead atoms. The van der Waals surface area contributed by atoms with E-state index in [1.54, 1.807) is 13.0 Å². The minimum Gasteiger partial charge on any atom is -0.496 e. The van der Waals surface area contributed by atoms with Crippen molar-refractivity contribution in [2.75, 3.05) is 20.2 Å². The Labute approximate surface area is 106 Å². The average Bonchev–Trinajstić information content (AvgIpc) is 2.32. The number of rotatable bonds is 4. The summed E-state index contributed by atoms with van der Waals surface area (Å²) in [7, 11) is 1.53. The van der Waals surface area contributed by atoms with Gasteiger partial charge < -0.3 is 15.8 Å². The predicted octanol–water partition coefficient (Wildman–Crippen LogP) is 1.65. The highest BCUT2D eigenvalue weighted by Gasteiger charge is 2.18. The van der Waals surface area contributed by atoms with Crippen LogP contribution >= 0.6 is 11.6 Å². The molecule has 3 N–H and O–H groups in total. The van der Waals surface area contributed by atoms with Gasteiger partial charge in [0.15, 0.2) is 0 Å². The van der Waals surface area contributed by atoms with E-state index in [2.05, 4.69) is 5.32 Å². The lowest BCUT2D eigenvalue weighted by molar-refractivity contribution is 0.0951. The molecule has 0 saturated carbocycles. The molecule has 5 heteroatoms. The van der Waals surface area contributed by atoms with Crippen molar-refractivity contribution in [3.8, 4) is 5.75 Å². The van der Waals surface area contributed by atoms with Crippen LogP contribution in [0.3, 0.4) is 0 Å². The SMILES string of the molecule is COc1cc(C)c(Cl)c(C)c1C(=O)NCCN. The molecule has 1 amide bonds. The van der Waals surface area contributed by atoms with E-state index in [4.69, 9.17) is 22.1 Å². The third-order valence-electron chi connectivity index (χ3n) is 2.52. The van der Waals surface area contributed by atoms with E-state index in [0.29, 0.717) is 29.4 Å². The Morgan fingerprint density at radius 2 is 2.18 bits per heavy atom. The summed E-state index contributed by atoms with van der Waals surface area (Å²) in [4.78, 5) is 12.0. The summed E-state index contributed by atoms with van der Waals surface area (Å²) in [6.07, 6.45) is 0. The number of carbonyl (C=O) groups excluding carboxylic acids is 1. The number of amides is 1. The number of halogens is 1. The number of ether oxygens (including phenoxy) is 1. The average molecular weight is 257 g/mol. The molecule has 0 saturated heterocycles. The Bertz CT molecular complexity index is 433. The number of benzene rings is 1. The number of nitrogens with two attached hydrogens (primary N) is 1. The zero-order chi connectivity index (χ0) is 13.0. The van der Waals surface area contributed by atoms with Crippen LogP contribution in [0, 0.1) is 13.8 Å². The molecule has 0 fully saturated rings. The van der Waals surface area contributed by atoms with Crippen molar-refractivity contribution in [3.05, 3.63) is 27.8 Å². The molecule has 0 aliphatic rings. The lowest BCUT2D eigenvalue weighted by atomic mass is 10.0. The Morgan fingerprint density at radius 3 is 2.71 bits per heavy atom. The van der Waals surface area contributed by atoms with E-state index in [0.717, 1.165) is 11.1 Å². The van der Waals surface area contributed by atoms with Gasteiger partial charge in [-0.3, -0.25) is 4.79 Å². The van der Waals surface area contributed by atoms with Crippen molar-refractivity contribution in [3.63, 3.8) is 0 Å². The first-order chi connectivity index (χ1) is 8.02. The van der Waals surface area contributed by atoms with Crippen molar-refractivity contribution in [2.45, 2.75) is 13.8 Å². The minimum atomic E-state index is -0.216. The topological polar surface area (TPSA) is 64.3 Å². The molecule has 1 aromatic rings. The molecule has 0 heterocycles. The van der Waals surface area contributed by atoms with Crippen molar-refractivity contribution >= 4 is 17.5 Å². The lowest BCUT2D eigenvalue weighted by Gasteiger charge is -2.14. The molecule has 0 radical (unpaired) electrons. The third-order valence-corrected chi connectivity index (χ3v) is 3.10. The second-order valence-corrected chi connectivity index (χ2v) is 4.13. The van der Waals surface area contributed by atoms with Crippen LogP contribution < -0.4 is 15.8 Å². The molecular weight excluding hydrogens is 240 g/mol. The molecule has 17 heavy (non-hydrogen) atoms. The van der Waals surface area contributed by atoms with Crippen molar-refractivity contribution in [1.29, 1.82) is 0 Å². The third kappa shape index (κ3) is 2.90. The first-order valence-corrected chi connectivity index (χ1v) is 5.72. The van der Waals surface area contributed by atoms with Crippen LogP contribution in [-0.4, -0.2) is 26.1 Å². The number of nitrogens with one attached hydrogen (secondary N) is 1. The number of hydrogen-bond donors (Lipinski definition) is 2. The first-order valence-electron chi connectivity index (χ1n) is 5.34. The highest BCUT2D eigenvalue weighted by molar-refractivity contribution is 6.32. The Kier molecular flexibility index (Phi) is 4.78. The van der Waals surface area contributed by atoms with Gasteiger partial charge in [0.05, 0.1) is 12.7 Å². The smallest absolute Gasteiger partial charge is 0.255 e. The number of aryl methyl sites for hydroxylation is 1. The van der Waals surface area contributed by atoms with Crippen LogP contribution in [-0.2, 0) is 0 Å². The van der Waals surface area contributed by atoms with Gasteiger partial charge in [0.25, 0.3) is 5.91 Å². The molecule has 1 rings (SSSR count). The second-order valence-electron chi connectivity index (χ2n) is 3.75. The molecule has 0 spiro atoms. The second kappa shape index (κ2) is 5.89. The van der Waals surface area contributed by atoms with E-state index in [1.165, 1.54) is 7.11 Å². The van der Waals surface area contributed by atoms with Crippen LogP contribution in [0.15, 0.2) is 6.07 Å². The molecule has 0 unspecified atom stereocenters. The summed E-state index contributed by atoms with van der Waals surface area (Å²) in [5, 5.41) is 3.30. The molecule has 0 atom stereocenters. The van der Waals surface area contributed by atoms with Gasteiger partial charge in [0.2, 0.25) is 0 Å². The van der Waals surface area contributed by atoms with Gasteiger partial charge in [-0.2, -0.15) is 0 Å². The zero-order valence-corrected chi connectivity index (χ0v) is 11.0. The quantitative estimate of drug-likeness (QED) is 0.861. The largest absolute Gasteiger partial charge is 0.496 e. The number of methoxy groups -OCH3 is 1. The van der Waals surface area contributed by atoms with Crippen LogP contribution in [0.25, 0.3) is 0 Å².